The molecule has 0 aliphatic carbocycles. The van der Waals surface area contributed by atoms with Gasteiger partial charge in [-0.2, -0.15) is 10.5 Å². The van der Waals surface area contributed by atoms with Gasteiger partial charge in [0.25, 0.3) is 0 Å². The van der Waals surface area contributed by atoms with E-state index in [1.165, 1.54) is 0 Å². The monoisotopic (exact) mass is 357 g/mol. The van der Waals surface area contributed by atoms with Gasteiger partial charge < -0.3 is 4.57 Å². The zero-order chi connectivity index (χ0) is 18.7. The molecule has 126 valence electrons. The van der Waals surface area contributed by atoms with Gasteiger partial charge in [-0.25, -0.2) is 0 Å². The lowest BCUT2D eigenvalue weighted by atomic mass is 10.0. The molecule has 3 aromatic rings. The van der Waals surface area contributed by atoms with E-state index in [0.717, 1.165) is 28.2 Å². The largest absolute Gasteiger partial charge is 0.318 e. The zero-order valence-corrected chi connectivity index (χ0v) is 15.2. The third-order valence-corrected chi connectivity index (χ3v) is 4.53. The Morgan fingerprint density at radius 2 is 1.77 bits per heavy atom. The Morgan fingerprint density at radius 3 is 2.42 bits per heavy atom. The van der Waals surface area contributed by atoms with Crippen LogP contribution < -0.4 is 0 Å². The van der Waals surface area contributed by atoms with Gasteiger partial charge in [-0.3, -0.25) is 0 Å². The Hall–Kier alpha value is -3.27. The normalized spacial score (nSPS) is 11.0. The Balaban J connectivity index is 2.08. The van der Waals surface area contributed by atoms with Gasteiger partial charge in [-0.1, -0.05) is 23.7 Å². The SMILES string of the molecule is Cc1cc(C=C(C#N)c2cccc(C#N)c2)c(C)n1-c1ccc(Cl)cc1. The molecule has 2 aromatic carbocycles. The number of aryl methyl sites for hydroxylation is 1. The molecule has 3 nitrogen and oxygen atoms in total. The number of aromatic nitrogens is 1. The molecule has 0 unspecified atom stereocenters. The fourth-order valence-electron chi connectivity index (χ4n) is 3.01. The second kappa shape index (κ2) is 7.31. The highest BCUT2D eigenvalue weighted by atomic mass is 35.5. The molecule has 0 aliphatic rings. The van der Waals surface area contributed by atoms with Crippen molar-refractivity contribution in [2.24, 2.45) is 0 Å². The lowest BCUT2D eigenvalue weighted by molar-refractivity contribution is 0.964. The van der Waals surface area contributed by atoms with Gasteiger partial charge in [0, 0.05) is 22.1 Å². The van der Waals surface area contributed by atoms with Crippen molar-refractivity contribution in [3.05, 3.63) is 87.7 Å². The molecule has 4 heteroatoms. The third-order valence-electron chi connectivity index (χ3n) is 4.28. The number of benzene rings is 2. The van der Waals surface area contributed by atoms with Crippen LogP contribution in [0.3, 0.4) is 0 Å². The lowest BCUT2D eigenvalue weighted by Gasteiger charge is -2.09. The van der Waals surface area contributed by atoms with Crippen molar-refractivity contribution >= 4 is 23.3 Å². The number of rotatable bonds is 3. The first-order valence-electron chi connectivity index (χ1n) is 8.10. The van der Waals surface area contributed by atoms with Crippen molar-refractivity contribution < 1.29 is 0 Å². The van der Waals surface area contributed by atoms with Crippen molar-refractivity contribution in [3.63, 3.8) is 0 Å². The minimum Gasteiger partial charge on any atom is -0.318 e. The summed E-state index contributed by atoms with van der Waals surface area (Å²) in [5, 5.41) is 19.4. The second-order valence-corrected chi connectivity index (χ2v) is 6.44. The molecule has 3 rings (SSSR count). The number of halogens is 1. The van der Waals surface area contributed by atoms with Crippen LogP contribution in [0.2, 0.25) is 5.02 Å². The summed E-state index contributed by atoms with van der Waals surface area (Å²) in [4.78, 5) is 0. The van der Waals surface area contributed by atoms with E-state index in [0.29, 0.717) is 16.2 Å². The Bertz CT molecular complexity index is 1070. The Labute approximate surface area is 158 Å². The first kappa shape index (κ1) is 17.5. The highest BCUT2D eigenvalue weighted by Crippen LogP contribution is 2.26. The Kier molecular flexibility index (Phi) is 4.94. The summed E-state index contributed by atoms with van der Waals surface area (Å²) >= 11 is 5.99. The molecule has 0 radical (unpaired) electrons. The Morgan fingerprint density at radius 1 is 1.04 bits per heavy atom. The minimum atomic E-state index is 0.526. The summed E-state index contributed by atoms with van der Waals surface area (Å²) < 4.78 is 2.13. The summed E-state index contributed by atoms with van der Waals surface area (Å²) in [6, 6.07) is 21.2. The molecule has 1 heterocycles. The van der Waals surface area contributed by atoms with E-state index < -0.39 is 0 Å². The van der Waals surface area contributed by atoms with E-state index in [1.807, 2.05) is 50.3 Å². The maximum Gasteiger partial charge on any atom is 0.0998 e. The van der Waals surface area contributed by atoms with Crippen LogP contribution in [-0.2, 0) is 0 Å². The molecule has 0 atom stereocenters. The van der Waals surface area contributed by atoms with E-state index in [-0.39, 0.29) is 0 Å². The number of nitrogens with zero attached hydrogens (tertiary/aromatic N) is 3. The van der Waals surface area contributed by atoms with E-state index >= 15 is 0 Å². The molecule has 0 N–H and O–H groups in total. The number of hydrogen-bond acceptors (Lipinski definition) is 2. The maximum absolute atomic E-state index is 9.60. The smallest absolute Gasteiger partial charge is 0.0998 e. The third kappa shape index (κ3) is 3.40. The van der Waals surface area contributed by atoms with Crippen molar-refractivity contribution in [1.82, 2.24) is 4.57 Å². The molecule has 0 saturated heterocycles. The molecular weight excluding hydrogens is 342 g/mol. The van der Waals surface area contributed by atoms with Crippen LogP contribution in [0.25, 0.3) is 17.3 Å². The van der Waals surface area contributed by atoms with Gasteiger partial charge in [-0.15, -0.1) is 0 Å². The molecule has 26 heavy (non-hydrogen) atoms. The first-order valence-corrected chi connectivity index (χ1v) is 8.48. The zero-order valence-electron chi connectivity index (χ0n) is 14.5. The molecule has 0 aliphatic heterocycles. The van der Waals surface area contributed by atoms with Gasteiger partial charge >= 0.3 is 0 Å². The standard InChI is InChI=1S/C22H16ClN3/c1-15-10-19(16(2)26(15)22-8-6-21(23)7-9-22)12-20(14-25)18-5-3-4-17(11-18)13-24/h3-12H,1-2H3. The van der Waals surface area contributed by atoms with Crippen LogP contribution in [0.15, 0.2) is 54.6 Å². The first-order chi connectivity index (χ1) is 12.5. The van der Waals surface area contributed by atoms with Crippen LogP contribution in [0.4, 0.5) is 0 Å². The van der Waals surface area contributed by atoms with E-state index in [9.17, 15) is 5.26 Å². The van der Waals surface area contributed by atoms with Crippen molar-refractivity contribution in [3.8, 4) is 17.8 Å². The van der Waals surface area contributed by atoms with Gasteiger partial charge in [0.05, 0.1) is 23.3 Å². The summed E-state index contributed by atoms with van der Waals surface area (Å²) in [5.74, 6) is 0. The summed E-state index contributed by atoms with van der Waals surface area (Å²) in [5.41, 5.74) is 5.90. The summed E-state index contributed by atoms with van der Waals surface area (Å²) in [6.45, 7) is 4.05. The van der Waals surface area contributed by atoms with Gasteiger partial charge in [0.2, 0.25) is 0 Å². The van der Waals surface area contributed by atoms with Crippen LogP contribution in [0.5, 0.6) is 0 Å². The van der Waals surface area contributed by atoms with Gasteiger partial charge in [0.1, 0.15) is 0 Å². The van der Waals surface area contributed by atoms with Gasteiger partial charge in [-0.05, 0) is 73.5 Å². The van der Waals surface area contributed by atoms with Crippen LogP contribution >= 0.6 is 11.6 Å². The lowest BCUT2D eigenvalue weighted by Crippen LogP contribution is -1.98. The predicted molar refractivity (Wildman–Crippen MR) is 105 cm³/mol. The molecular formula is C22H16ClN3. The second-order valence-electron chi connectivity index (χ2n) is 6.00. The number of hydrogen-bond donors (Lipinski definition) is 0. The molecule has 1 aromatic heterocycles. The van der Waals surface area contributed by atoms with Crippen molar-refractivity contribution in [1.29, 1.82) is 10.5 Å². The average Bonchev–Trinajstić information content (AvgIpc) is 2.94. The number of nitriles is 2. The number of allylic oxidation sites excluding steroid dienone is 1. The highest BCUT2D eigenvalue weighted by Gasteiger charge is 2.11. The fourth-order valence-corrected chi connectivity index (χ4v) is 3.14. The van der Waals surface area contributed by atoms with E-state index in [4.69, 9.17) is 16.9 Å². The maximum atomic E-state index is 9.60. The van der Waals surface area contributed by atoms with Crippen LogP contribution in [-0.4, -0.2) is 4.57 Å². The predicted octanol–water partition coefficient (Wildman–Crippen LogP) is 5.68. The quantitative estimate of drug-likeness (QED) is 0.566. The molecule has 0 bridgehead atoms. The average molecular weight is 358 g/mol. The molecule has 0 spiro atoms. The van der Waals surface area contributed by atoms with Gasteiger partial charge in [0.15, 0.2) is 0 Å². The van der Waals surface area contributed by atoms with E-state index in [2.05, 4.69) is 22.8 Å². The van der Waals surface area contributed by atoms with Crippen molar-refractivity contribution in [2.75, 3.05) is 0 Å². The van der Waals surface area contributed by atoms with Crippen LogP contribution in [0, 0.1) is 36.5 Å². The van der Waals surface area contributed by atoms with E-state index in [1.54, 1.807) is 18.2 Å². The fraction of sp³-hybridized carbons (Fsp3) is 0.0909. The summed E-state index contributed by atoms with van der Waals surface area (Å²) in [6.07, 6.45) is 1.87. The highest BCUT2D eigenvalue weighted by molar-refractivity contribution is 6.30. The summed E-state index contributed by atoms with van der Waals surface area (Å²) in [7, 11) is 0. The molecule has 0 saturated carbocycles. The topological polar surface area (TPSA) is 52.5 Å². The van der Waals surface area contributed by atoms with Crippen molar-refractivity contribution in [2.45, 2.75) is 13.8 Å². The minimum absolute atomic E-state index is 0.526. The molecule has 0 fully saturated rings. The van der Waals surface area contributed by atoms with Crippen LogP contribution in [0.1, 0.15) is 28.1 Å². The molecule has 0 amide bonds.